The van der Waals surface area contributed by atoms with E-state index in [1.54, 1.807) is 23.9 Å². The van der Waals surface area contributed by atoms with Gasteiger partial charge in [0.1, 0.15) is 11.4 Å². The molecule has 0 aromatic rings. The monoisotopic (exact) mass is 406 g/mol. The second-order valence-corrected chi connectivity index (χ2v) is 7.12. The number of hydrogen-bond donors (Lipinski definition) is 0. The summed E-state index contributed by atoms with van der Waals surface area (Å²) in [5.41, 5.74) is 0.776. The zero-order valence-corrected chi connectivity index (χ0v) is 17.7. The van der Waals surface area contributed by atoms with E-state index in [9.17, 15) is 19.2 Å². The zero-order valence-electron chi connectivity index (χ0n) is 17.7. The van der Waals surface area contributed by atoms with Crippen LogP contribution in [0.25, 0.3) is 0 Å². The lowest BCUT2D eigenvalue weighted by molar-refractivity contribution is -0.132. The topological polar surface area (TPSA) is 106 Å². The first-order valence-corrected chi connectivity index (χ1v) is 10.0. The first kappa shape index (κ1) is 22.5. The van der Waals surface area contributed by atoms with Gasteiger partial charge in [-0.05, 0) is 20.3 Å². The van der Waals surface area contributed by atoms with Crippen molar-refractivity contribution in [2.24, 2.45) is 10.2 Å². The van der Waals surface area contributed by atoms with Gasteiger partial charge in [0.25, 0.3) is 11.8 Å². The maximum Gasteiger partial charge on any atom is 0.269 e. The molecule has 0 unspecified atom stereocenters. The fraction of sp³-hybridized carbons (Fsp3) is 0.684. The van der Waals surface area contributed by atoms with E-state index in [1.807, 2.05) is 13.8 Å². The van der Waals surface area contributed by atoms with E-state index < -0.39 is 0 Å². The summed E-state index contributed by atoms with van der Waals surface area (Å²) in [5.74, 6) is -0.529. The van der Waals surface area contributed by atoms with Gasteiger partial charge in [0.15, 0.2) is 0 Å². The summed E-state index contributed by atoms with van der Waals surface area (Å²) >= 11 is 0. The van der Waals surface area contributed by atoms with E-state index >= 15 is 0 Å². The lowest BCUT2D eigenvalue weighted by Crippen LogP contribution is -2.42. The number of nitrogens with zero attached hydrogens (tertiary/aromatic N) is 6. The smallest absolute Gasteiger partial charge is 0.269 e. The standard InChI is InChI=1S/C19H30N6O4/c1-5-24-16(26)10-8-14(20-24)18(28)22(3)12-7-13-23(4)19(29)15-9-11-17(27)25(6-2)21-15/h5-13H2,1-4H3. The van der Waals surface area contributed by atoms with Crippen LogP contribution in [0.4, 0.5) is 0 Å². The van der Waals surface area contributed by atoms with Crippen molar-refractivity contribution in [3.05, 3.63) is 0 Å². The molecule has 0 radical (unpaired) electrons. The van der Waals surface area contributed by atoms with Gasteiger partial charge >= 0.3 is 0 Å². The molecule has 29 heavy (non-hydrogen) atoms. The molecule has 2 aliphatic heterocycles. The van der Waals surface area contributed by atoms with Gasteiger partial charge in [-0.1, -0.05) is 0 Å². The minimum absolute atomic E-state index is 0.0687. The number of hydrazone groups is 2. The van der Waals surface area contributed by atoms with Crippen molar-refractivity contribution in [2.75, 3.05) is 40.3 Å². The van der Waals surface area contributed by atoms with E-state index in [-0.39, 0.29) is 23.6 Å². The quantitative estimate of drug-likeness (QED) is 0.577. The van der Waals surface area contributed by atoms with Crippen LogP contribution in [0.15, 0.2) is 10.2 Å². The van der Waals surface area contributed by atoms with E-state index in [1.165, 1.54) is 10.0 Å². The predicted molar refractivity (Wildman–Crippen MR) is 108 cm³/mol. The van der Waals surface area contributed by atoms with Gasteiger partial charge < -0.3 is 9.80 Å². The Labute approximate surface area is 171 Å². The lowest BCUT2D eigenvalue weighted by atomic mass is 10.1. The first-order chi connectivity index (χ1) is 13.8. The first-order valence-electron chi connectivity index (χ1n) is 10.0. The maximum atomic E-state index is 12.5. The van der Waals surface area contributed by atoms with E-state index in [4.69, 9.17) is 0 Å². The van der Waals surface area contributed by atoms with Gasteiger partial charge in [-0.25, -0.2) is 10.0 Å². The van der Waals surface area contributed by atoms with Crippen molar-refractivity contribution < 1.29 is 19.2 Å². The summed E-state index contributed by atoms with van der Waals surface area (Å²) in [6.07, 6.45) is 1.89. The molecule has 0 N–H and O–H groups in total. The van der Waals surface area contributed by atoms with Crippen molar-refractivity contribution >= 4 is 35.1 Å². The molecule has 0 bridgehead atoms. The fourth-order valence-electron chi connectivity index (χ4n) is 3.19. The number of amides is 4. The van der Waals surface area contributed by atoms with Crippen LogP contribution in [-0.4, -0.2) is 95.1 Å². The van der Waals surface area contributed by atoms with E-state index in [0.717, 1.165) is 0 Å². The van der Waals surface area contributed by atoms with Crippen LogP contribution in [-0.2, 0) is 19.2 Å². The summed E-state index contributed by atoms with van der Waals surface area (Å²) in [6, 6.07) is 0. The zero-order chi connectivity index (χ0) is 21.6. The number of carbonyl (C=O) groups is 4. The van der Waals surface area contributed by atoms with Gasteiger partial charge in [-0.2, -0.15) is 10.2 Å². The number of hydrogen-bond acceptors (Lipinski definition) is 6. The molecule has 0 atom stereocenters. The highest BCUT2D eigenvalue weighted by Gasteiger charge is 2.27. The molecule has 0 saturated carbocycles. The minimum atomic E-state index is -0.196. The van der Waals surface area contributed by atoms with Gasteiger partial charge in [0.05, 0.1) is 0 Å². The normalized spacial score (nSPS) is 17.1. The van der Waals surface area contributed by atoms with Crippen LogP contribution < -0.4 is 0 Å². The summed E-state index contributed by atoms with van der Waals surface area (Å²) in [6.45, 7) is 5.44. The Morgan fingerprint density at radius 3 is 1.52 bits per heavy atom. The molecule has 0 fully saturated rings. The fourth-order valence-corrected chi connectivity index (χ4v) is 3.19. The summed E-state index contributed by atoms with van der Waals surface area (Å²) in [7, 11) is 3.38. The van der Waals surface area contributed by atoms with Crippen molar-refractivity contribution in [3.63, 3.8) is 0 Å². The Hall–Kier alpha value is -2.78. The third-order valence-corrected chi connectivity index (χ3v) is 4.98. The Bertz CT molecular complexity index is 672. The SMILES string of the molecule is CCN1N=C(C(=O)N(C)CCCN(C)C(=O)C2=NN(CC)C(=O)CC2)CCC1=O. The van der Waals surface area contributed by atoms with Crippen LogP contribution in [0.2, 0.25) is 0 Å². The maximum absolute atomic E-state index is 12.5. The second-order valence-electron chi connectivity index (χ2n) is 7.12. The summed E-state index contributed by atoms with van der Waals surface area (Å²) < 4.78 is 0. The molecule has 10 nitrogen and oxygen atoms in total. The van der Waals surface area contributed by atoms with Crippen molar-refractivity contribution in [1.82, 2.24) is 19.8 Å². The summed E-state index contributed by atoms with van der Waals surface area (Å²) in [4.78, 5) is 51.6. The van der Waals surface area contributed by atoms with Crippen molar-refractivity contribution in [2.45, 2.75) is 46.0 Å². The molecular formula is C19H30N6O4. The van der Waals surface area contributed by atoms with Crippen LogP contribution in [0.1, 0.15) is 46.0 Å². The largest absolute Gasteiger partial charge is 0.341 e. The number of carbonyl (C=O) groups excluding carboxylic acids is 4. The second kappa shape index (κ2) is 10.1. The molecule has 0 spiro atoms. The molecule has 2 rings (SSSR count). The predicted octanol–water partition coefficient (Wildman–Crippen LogP) is 0.290. The molecule has 2 aliphatic rings. The van der Waals surface area contributed by atoms with Gasteiger partial charge in [-0.3, -0.25) is 19.2 Å². The highest BCUT2D eigenvalue weighted by Crippen LogP contribution is 2.12. The summed E-state index contributed by atoms with van der Waals surface area (Å²) in [5, 5.41) is 11.0. The van der Waals surface area contributed by atoms with Crippen LogP contribution in [0.5, 0.6) is 0 Å². The number of rotatable bonds is 8. The molecule has 160 valence electrons. The molecule has 10 heteroatoms. The van der Waals surface area contributed by atoms with Gasteiger partial charge in [0, 0.05) is 66.0 Å². The Balaban J connectivity index is 1.84. The van der Waals surface area contributed by atoms with Crippen LogP contribution >= 0.6 is 0 Å². The van der Waals surface area contributed by atoms with Crippen LogP contribution in [0.3, 0.4) is 0 Å². The molecule has 4 amide bonds. The highest BCUT2D eigenvalue weighted by molar-refractivity contribution is 6.40. The molecule has 0 aliphatic carbocycles. The highest BCUT2D eigenvalue weighted by atomic mass is 16.2. The third-order valence-electron chi connectivity index (χ3n) is 4.98. The molecule has 2 heterocycles. The van der Waals surface area contributed by atoms with Crippen molar-refractivity contribution in [3.8, 4) is 0 Å². The lowest BCUT2D eigenvalue weighted by Gasteiger charge is -2.26. The third kappa shape index (κ3) is 5.61. The van der Waals surface area contributed by atoms with Gasteiger partial charge in [0.2, 0.25) is 11.8 Å². The Morgan fingerprint density at radius 1 is 0.793 bits per heavy atom. The van der Waals surface area contributed by atoms with E-state index in [0.29, 0.717) is 69.7 Å². The Morgan fingerprint density at radius 2 is 1.17 bits per heavy atom. The molecule has 0 aromatic carbocycles. The van der Waals surface area contributed by atoms with Crippen molar-refractivity contribution in [1.29, 1.82) is 0 Å². The van der Waals surface area contributed by atoms with Gasteiger partial charge in [-0.15, -0.1) is 0 Å². The average molecular weight is 406 g/mol. The average Bonchev–Trinajstić information content (AvgIpc) is 2.73. The molecule has 0 aromatic heterocycles. The van der Waals surface area contributed by atoms with Crippen LogP contribution in [0, 0.1) is 0 Å². The molecule has 0 saturated heterocycles. The minimum Gasteiger partial charge on any atom is -0.341 e. The van der Waals surface area contributed by atoms with E-state index in [2.05, 4.69) is 10.2 Å². The Kier molecular flexibility index (Phi) is 7.86. The molecular weight excluding hydrogens is 376 g/mol.